The lowest BCUT2D eigenvalue weighted by Crippen LogP contribution is -2.40. The molecule has 23 heavy (non-hydrogen) atoms. The Balaban J connectivity index is 2.26. The number of aliphatic hydroxyl groups is 1. The van der Waals surface area contributed by atoms with Gasteiger partial charge in [0.2, 0.25) is 0 Å². The average Bonchev–Trinajstić information content (AvgIpc) is 2.43. The van der Waals surface area contributed by atoms with Gasteiger partial charge in [0.05, 0.1) is 27.3 Å². The van der Waals surface area contributed by atoms with E-state index in [1.165, 1.54) is 20.3 Å². The minimum atomic E-state index is -1.44. The molecule has 0 aliphatic heterocycles. The highest BCUT2D eigenvalue weighted by Gasteiger charge is 2.43. The second-order valence-electron chi connectivity index (χ2n) is 7.41. The van der Waals surface area contributed by atoms with E-state index in [2.05, 4.69) is 19.6 Å². The number of methoxy groups -OCH3 is 2. The fourth-order valence-electron chi connectivity index (χ4n) is 3.62. The molecule has 3 nitrogen and oxygen atoms in total. The summed E-state index contributed by atoms with van der Waals surface area (Å²) in [5.41, 5.74) is 0.833. The third-order valence-corrected chi connectivity index (χ3v) is 8.34. The normalized spacial score (nSPS) is 22.4. The smallest absolute Gasteiger partial charge is 0.170 e. The second-order valence-corrected chi connectivity index (χ2v) is 13.3. The zero-order valence-electron chi connectivity index (χ0n) is 14.5. The lowest BCUT2D eigenvalue weighted by molar-refractivity contribution is 0.179. The van der Waals surface area contributed by atoms with E-state index in [4.69, 9.17) is 21.1 Å². The van der Waals surface area contributed by atoms with Crippen molar-refractivity contribution in [2.45, 2.75) is 43.9 Å². The molecule has 0 saturated heterocycles. The number of hydrogen-bond acceptors (Lipinski definition) is 3. The number of rotatable bonds is 6. The SMILES string of the molecule is COc1cc(OC)c(Cl)c(C2CC(C(CO)[Si](C)(C)C)C2)c1F. The monoisotopic (exact) mass is 360 g/mol. The van der Waals surface area contributed by atoms with E-state index in [1.54, 1.807) is 0 Å². The van der Waals surface area contributed by atoms with Crippen molar-refractivity contribution in [2.75, 3.05) is 20.8 Å². The van der Waals surface area contributed by atoms with Crippen molar-refractivity contribution in [1.82, 2.24) is 0 Å². The molecule has 130 valence electrons. The highest BCUT2D eigenvalue weighted by molar-refractivity contribution is 6.77. The van der Waals surface area contributed by atoms with Gasteiger partial charge in [0.1, 0.15) is 5.75 Å². The summed E-state index contributed by atoms with van der Waals surface area (Å²) in [6.07, 6.45) is 1.70. The first kappa shape index (κ1) is 18.6. The van der Waals surface area contributed by atoms with Crippen molar-refractivity contribution in [2.24, 2.45) is 5.92 Å². The zero-order valence-corrected chi connectivity index (χ0v) is 16.2. The van der Waals surface area contributed by atoms with Gasteiger partial charge in [0, 0.05) is 18.2 Å². The quantitative estimate of drug-likeness (QED) is 0.748. The molecular formula is C17H26ClFO3Si. The molecule has 0 heterocycles. The highest BCUT2D eigenvalue weighted by atomic mass is 35.5. The number of benzene rings is 1. The van der Waals surface area contributed by atoms with Crippen LogP contribution in [-0.4, -0.2) is 34.0 Å². The third kappa shape index (κ3) is 3.51. The van der Waals surface area contributed by atoms with Crippen LogP contribution in [0, 0.1) is 11.7 Å². The van der Waals surface area contributed by atoms with Gasteiger partial charge in [-0.3, -0.25) is 0 Å². The molecule has 0 amide bonds. The first-order valence-electron chi connectivity index (χ1n) is 7.95. The predicted octanol–water partition coefficient (Wildman–Crippen LogP) is 4.69. The first-order chi connectivity index (χ1) is 10.7. The van der Waals surface area contributed by atoms with E-state index in [1.807, 2.05) is 0 Å². The second kappa shape index (κ2) is 6.99. The summed E-state index contributed by atoms with van der Waals surface area (Å²) < 4.78 is 25.0. The van der Waals surface area contributed by atoms with Crippen molar-refractivity contribution >= 4 is 19.7 Å². The van der Waals surface area contributed by atoms with Crippen LogP contribution in [0.2, 0.25) is 30.2 Å². The van der Waals surface area contributed by atoms with E-state index in [0.29, 0.717) is 27.8 Å². The Bertz CT molecular complexity index is 540. The summed E-state index contributed by atoms with van der Waals surface area (Å²) in [7, 11) is 1.51. The molecule has 1 saturated carbocycles. The molecule has 1 aliphatic carbocycles. The standard InChI is InChI=1S/C17H26ClFO3Si/c1-21-12-8-13(22-2)17(19)15(16(12)18)11-6-10(7-11)14(9-20)23(3,4)5/h8,10-11,14,20H,6-7,9H2,1-5H3. The Morgan fingerprint density at radius 2 is 1.83 bits per heavy atom. The first-order valence-corrected chi connectivity index (χ1v) is 11.9. The van der Waals surface area contributed by atoms with E-state index in [9.17, 15) is 9.50 Å². The fraction of sp³-hybridized carbons (Fsp3) is 0.647. The molecule has 1 aliphatic rings. The molecule has 1 aromatic carbocycles. The third-order valence-electron chi connectivity index (χ3n) is 5.07. The van der Waals surface area contributed by atoms with Gasteiger partial charge in [-0.1, -0.05) is 31.2 Å². The highest BCUT2D eigenvalue weighted by Crippen LogP contribution is 2.54. The van der Waals surface area contributed by atoms with Gasteiger partial charge in [-0.25, -0.2) is 4.39 Å². The predicted molar refractivity (Wildman–Crippen MR) is 94.2 cm³/mol. The van der Waals surface area contributed by atoms with Gasteiger partial charge in [0.15, 0.2) is 11.6 Å². The maximum Gasteiger partial charge on any atom is 0.170 e. The molecule has 1 fully saturated rings. The van der Waals surface area contributed by atoms with E-state index in [0.717, 1.165) is 12.8 Å². The summed E-state index contributed by atoms with van der Waals surface area (Å²) in [5, 5.41) is 10.1. The molecule has 6 heteroatoms. The van der Waals surface area contributed by atoms with Crippen molar-refractivity contribution in [3.05, 3.63) is 22.5 Å². The molecule has 1 unspecified atom stereocenters. The topological polar surface area (TPSA) is 38.7 Å². The molecule has 2 rings (SSSR count). The summed E-state index contributed by atoms with van der Waals surface area (Å²) in [4.78, 5) is 0. The van der Waals surface area contributed by atoms with Gasteiger partial charge >= 0.3 is 0 Å². The van der Waals surface area contributed by atoms with Crippen LogP contribution in [0.3, 0.4) is 0 Å². The molecule has 0 aromatic heterocycles. The van der Waals surface area contributed by atoms with Crippen LogP contribution in [-0.2, 0) is 0 Å². The van der Waals surface area contributed by atoms with Crippen LogP contribution in [0.1, 0.15) is 24.3 Å². The van der Waals surface area contributed by atoms with Gasteiger partial charge in [-0.2, -0.15) is 0 Å². The summed E-state index contributed by atoms with van der Waals surface area (Å²) in [6.45, 7) is 7.01. The van der Waals surface area contributed by atoms with Crippen molar-refractivity contribution < 1.29 is 19.0 Å². The zero-order chi connectivity index (χ0) is 17.4. The van der Waals surface area contributed by atoms with Crippen LogP contribution in [0.15, 0.2) is 6.07 Å². The molecule has 0 bridgehead atoms. The Morgan fingerprint density at radius 3 is 2.26 bits per heavy atom. The minimum absolute atomic E-state index is 0.0573. The largest absolute Gasteiger partial charge is 0.495 e. The van der Waals surface area contributed by atoms with Crippen molar-refractivity contribution in [3.8, 4) is 11.5 Å². The fourth-order valence-corrected chi connectivity index (χ4v) is 6.22. The van der Waals surface area contributed by atoms with Crippen LogP contribution in [0.4, 0.5) is 4.39 Å². The number of ether oxygens (including phenoxy) is 2. The van der Waals surface area contributed by atoms with E-state index in [-0.39, 0.29) is 18.3 Å². The van der Waals surface area contributed by atoms with Gasteiger partial charge < -0.3 is 14.6 Å². The van der Waals surface area contributed by atoms with E-state index >= 15 is 0 Å². The van der Waals surface area contributed by atoms with Crippen LogP contribution in [0.5, 0.6) is 11.5 Å². The Morgan fingerprint density at radius 1 is 1.26 bits per heavy atom. The molecule has 0 radical (unpaired) electrons. The molecule has 1 atom stereocenters. The number of halogens is 2. The minimum Gasteiger partial charge on any atom is -0.495 e. The number of aliphatic hydroxyl groups excluding tert-OH is 1. The van der Waals surface area contributed by atoms with Crippen molar-refractivity contribution in [1.29, 1.82) is 0 Å². The van der Waals surface area contributed by atoms with Crippen LogP contribution < -0.4 is 9.47 Å². The van der Waals surface area contributed by atoms with Crippen LogP contribution >= 0.6 is 11.6 Å². The van der Waals surface area contributed by atoms with Gasteiger partial charge in [-0.15, -0.1) is 0 Å². The van der Waals surface area contributed by atoms with E-state index < -0.39 is 13.9 Å². The molecule has 1 N–H and O–H groups in total. The summed E-state index contributed by atoms with van der Waals surface area (Å²) >= 11 is 6.34. The lowest BCUT2D eigenvalue weighted by atomic mass is 9.69. The maximum atomic E-state index is 14.7. The maximum absolute atomic E-state index is 14.7. The Hall–Kier alpha value is -0.783. The van der Waals surface area contributed by atoms with Crippen LogP contribution in [0.25, 0.3) is 0 Å². The van der Waals surface area contributed by atoms with Gasteiger partial charge in [-0.05, 0) is 30.2 Å². The van der Waals surface area contributed by atoms with Gasteiger partial charge in [0.25, 0.3) is 0 Å². The Labute approximate surface area is 143 Å². The summed E-state index contributed by atoms with van der Waals surface area (Å²) in [5.74, 6) is 0.697. The lowest BCUT2D eigenvalue weighted by Gasteiger charge is -2.45. The summed E-state index contributed by atoms with van der Waals surface area (Å²) in [6, 6.07) is 1.48. The Kier molecular flexibility index (Phi) is 5.64. The number of hydrogen-bond donors (Lipinski definition) is 1. The molecular weight excluding hydrogens is 335 g/mol. The van der Waals surface area contributed by atoms with Crippen molar-refractivity contribution in [3.63, 3.8) is 0 Å². The molecule has 0 spiro atoms. The molecule has 1 aromatic rings. The average molecular weight is 361 g/mol.